The van der Waals surface area contributed by atoms with Crippen LogP contribution in [0, 0.1) is 5.82 Å². The number of amides is 1. The molecule has 1 aliphatic rings. The van der Waals surface area contributed by atoms with Gasteiger partial charge in [-0.05, 0) is 23.8 Å². The largest absolute Gasteiger partial charge is 0.416 e. The maximum Gasteiger partial charge on any atom is 0.416 e. The van der Waals surface area contributed by atoms with E-state index in [1.807, 2.05) is 0 Å². The molecule has 0 saturated carbocycles. The summed E-state index contributed by atoms with van der Waals surface area (Å²) in [5, 5.41) is 5.45. The maximum atomic E-state index is 13.1. The zero-order chi connectivity index (χ0) is 16.2. The number of hydrogen-bond acceptors (Lipinski definition) is 3. The summed E-state index contributed by atoms with van der Waals surface area (Å²) in [7, 11) is 0. The van der Waals surface area contributed by atoms with E-state index in [0.717, 1.165) is 12.1 Å². The molecule has 1 heterocycles. The van der Waals surface area contributed by atoms with E-state index < -0.39 is 23.5 Å². The van der Waals surface area contributed by atoms with Crippen molar-refractivity contribution in [2.45, 2.75) is 25.2 Å². The van der Waals surface area contributed by atoms with E-state index in [2.05, 4.69) is 10.6 Å². The molecule has 1 aromatic rings. The molecule has 0 radical (unpaired) electrons. The van der Waals surface area contributed by atoms with Gasteiger partial charge in [-0.1, -0.05) is 0 Å². The van der Waals surface area contributed by atoms with Crippen LogP contribution < -0.4 is 10.6 Å². The van der Waals surface area contributed by atoms with Crippen LogP contribution in [0.4, 0.5) is 17.6 Å². The molecule has 4 nitrogen and oxygen atoms in total. The second-order valence-corrected chi connectivity index (χ2v) is 5.01. The first-order valence-electron chi connectivity index (χ1n) is 6.79. The van der Waals surface area contributed by atoms with Crippen molar-refractivity contribution in [1.29, 1.82) is 0 Å². The second-order valence-electron chi connectivity index (χ2n) is 5.01. The number of carbonyl (C=O) groups is 1. The number of rotatable bonds is 4. The summed E-state index contributed by atoms with van der Waals surface area (Å²) in [5.41, 5.74) is -1.25. The molecule has 1 amide bonds. The minimum absolute atomic E-state index is 0.0939. The van der Waals surface area contributed by atoms with Crippen LogP contribution in [0.3, 0.4) is 0 Å². The fourth-order valence-corrected chi connectivity index (χ4v) is 2.23. The minimum Gasteiger partial charge on any atom is -0.378 e. The average molecular weight is 320 g/mol. The molecule has 1 aliphatic heterocycles. The number of nitrogens with one attached hydrogen (secondary N) is 2. The number of ether oxygens (including phenoxy) is 1. The Morgan fingerprint density at radius 3 is 2.82 bits per heavy atom. The van der Waals surface area contributed by atoms with Gasteiger partial charge in [0.1, 0.15) is 5.82 Å². The Balaban J connectivity index is 1.95. The van der Waals surface area contributed by atoms with Crippen LogP contribution in [0.25, 0.3) is 0 Å². The predicted molar refractivity (Wildman–Crippen MR) is 70.5 cm³/mol. The highest BCUT2D eigenvalue weighted by molar-refractivity contribution is 5.76. The average Bonchev–Trinajstić information content (AvgIpc) is 2.45. The Labute approximate surface area is 124 Å². The first-order valence-corrected chi connectivity index (χ1v) is 6.79. The normalized spacial score (nSPS) is 19.0. The van der Waals surface area contributed by atoms with Gasteiger partial charge in [0, 0.05) is 25.6 Å². The van der Waals surface area contributed by atoms with Crippen LogP contribution in [0.1, 0.15) is 17.5 Å². The molecule has 1 saturated heterocycles. The van der Waals surface area contributed by atoms with Gasteiger partial charge in [-0.2, -0.15) is 13.2 Å². The first-order chi connectivity index (χ1) is 10.4. The van der Waals surface area contributed by atoms with Gasteiger partial charge in [-0.25, -0.2) is 4.39 Å². The van der Waals surface area contributed by atoms with E-state index in [4.69, 9.17) is 4.74 Å². The van der Waals surface area contributed by atoms with E-state index in [9.17, 15) is 22.4 Å². The van der Waals surface area contributed by atoms with Crippen LogP contribution in [0.2, 0.25) is 0 Å². The van der Waals surface area contributed by atoms with Crippen LogP contribution in [-0.4, -0.2) is 31.7 Å². The zero-order valence-electron chi connectivity index (χ0n) is 11.7. The van der Waals surface area contributed by atoms with Crippen molar-refractivity contribution in [3.8, 4) is 0 Å². The van der Waals surface area contributed by atoms with Crippen molar-refractivity contribution in [3.63, 3.8) is 0 Å². The summed E-state index contributed by atoms with van der Waals surface area (Å²) in [6.07, 6.45) is -4.50. The number of benzene rings is 1. The standard InChI is InChI=1S/C14H16F4N2O2/c15-10-1-2-12(14(16,17)18)9(5-10)7-20-13(21)6-11-8-22-4-3-19-11/h1-2,5,11,19H,3-4,6-8H2,(H,20,21). The van der Waals surface area contributed by atoms with Crippen molar-refractivity contribution in [1.82, 2.24) is 10.6 Å². The van der Waals surface area contributed by atoms with Gasteiger partial charge in [0.15, 0.2) is 0 Å². The number of alkyl halides is 3. The number of morpholine rings is 1. The highest BCUT2D eigenvalue weighted by Gasteiger charge is 2.33. The SMILES string of the molecule is O=C(CC1COCCN1)NCc1cc(F)ccc1C(F)(F)F. The van der Waals surface area contributed by atoms with Crippen LogP contribution in [0.15, 0.2) is 18.2 Å². The molecule has 2 rings (SSSR count). The van der Waals surface area contributed by atoms with Gasteiger partial charge < -0.3 is 15.4 Å². The molecule has 122 valence electrons. The fraction of sp³-hybridized carbons (Fsp3) is 0.500. The number of hydrogen-bond donors (Lipinski definition) is 2. The van der Waals surface area contributed by atoms with Gasteiger partial charge in [-0.15, -0.1) is 0 Å². The molecule has 1 unspecified atom stereocenters. The van der Waals surface area contributed by atoms with Gasteiger partial charge in [0.2, 0.25) is 5.91 Å². The third-order valence-electron chi connectivity index (χ3n) is 3.28. The Bertz CT molecular complexity index is 528. The van der Waals surface area contributed by atoms with Crippen LogP contribution >= 0.6 is 0 Å². The molecule has 0 aromatic heterocycles. The van der Waals surface area contributed by atoms with Crippen molar-refractivity contribution < 1.29 is 27.1 Å². The molecule has 2 N–H and O–H groups in total. The predicted octanol–water partition coefficient (Wildman–Crippen LogP) is 1.84. The maximum absolute atomic E-state index is 13.1. The van der Waals surface area contributed by atoms with Crippen LogP contribution in [-0.2, 0) is 22.3 Å². The fourth-order valence-electron chi connectivity index (χ4n) is 2.23. The van der Waals surface area contributed by atoms with E-state index in [-0.39, 0.29) is 24.6 Å². The summed E-state index contributed by atoms with van der Waals surface area (Å²) in [4.78, 5) is 11.7. The topological polar surface area (TPSA) is 50.4 Å². The Morgan fingerprint density at radius 1 is 1.41 bits per heavy atom. The highest BCUT2D eigenvalue weighted by Crippen LogP contribution is 2.32. The molecule has 0 spiro atoms. The lowest BCUT2D eigenvalue weighted by Crippen LogP contribution is -2.44. The summed E-state index contributed by atoms with van der Waals surface area (Å²) in [5.74, 6) is -1.19. The van der Waals surface area contributed by atoms with Crippen molar-refractivity contribution in [3.05, 3.63) is 35.1 Å². The third-order valence-corrected chi connectivity index (χ3v) is 3.28. The molecule has 1 fully saturated rings. The minimum atomic E-state index is -4.59. The lowest BCUT2D eigenvalue weighted by atomic mass is 10.1. The Morgan fingerprint density at radius 2 is 2.18 bits per heavy atom. The van der Waals surface area contributed by atoms with E-state index >= 15 is 0 Å². The number of halogens is 4. The van der Waals surface area contributed by atoms with Gasteiger partial charge >= 0.3 is 6.18 Å². The quantitative estimate of drug-likeness (QED) is 0.833. The monoisotopic (exact) mass is 320 g/mol. The molecule has 1 atom stereocenters. The molecular formula is C14H16F4N2O2. The van der Waals surface area contributed by atoms with Crippen molar-refractivity contribution in [2.24, 2.45) is 0 Å². The van der Waals surface area contributed by atoms with E-state index in [1.54, 1.807) is 0 Å². The molecule has 1 aromatic carbocycles. The van der Waals surface area contributed by atoms with Gasteiger partial charge in [-0.3, -0.25) is 4.79 Å². The summed E-state index contributed by atoms with van der Waals surface area (Å²) in [6.45, 7) is 1.19. The Kier molecular flexibility index (Phi) is 5.36. The lowest BCUT2D eigenvalue weighted by molar-refractivity contribution is -0.138. The number of carbonyl (C=O) groups excluding carboxylic acids is 1. The molecule has 0 aliphatic carbocycles. The molecule has 0 bridgehead atoms. The summed E-state index contributed by atoms with van der Waals surface area (Å²) < 4.78 is 56.8. The summed E-state index contributed by atoms with van der Waals surface area (Å²) >= 11 is 0. The van der Waals surface area contributed by atoms with Gasteiger partial charge in [0.25, 0.3) is 0 Å². The smallest absolute Gasteiger partial charge is 0.378 e. The lowest BCUT2D eigenvalue weighted by Gasteiger charge is -2.23. The van der Waals surface area contributed by atoms with Crippen LogP contribution in [0.5, 0.6) is 0 Å². The van der Waals surface area contributed by atoms with Crippen molar-refractivity contribution in [2.75, 3.05) is 19.8 Å². The van der Waals surface area contributed by atoms with Crippen molar-refractivity contribution >= 4 is 5.91 Å². The Hall–Kier alpha value is -1.67. The van der Waals surface area contributed by atoms with Gasteiger partial charge in [0.05, 0.1) is 18.8 Å². The van der Waals surface area contributed by atoms with E-state index in [1.165, 1.54) is 0 Å². The summed E-state index contributed by atoms with van der Waals surface area (Å²) in [6, 6.07) is 2.04. The highest BCUT2D eigenvalue weighted by atomic mass is 19.4. The molecule has 22 heavy (non-hydrogen) atoms. The van der Waals surface area contributed by atoms with E-state index in [0.29, 0.717) is 25.8 Å². The second kappa shape index (κ2) is 7.06. The molecular weight excluding hydrogens is 304 g/mol. The first kappa shape index (κ1) is 16.7. The third kappa shape index (κ3) is 4.67. The molecule has 8 heteroatoms. The zero-order valence-corrected chi connectivity index (χ0v) is 11.7.